The van der Waals surface area contributed by atoms with E-state index in [0.717, 1.165) is 24.2 Å². The Bertz CT molecular complexity index is 684. The second kappa shape index (κ2) is 5.56. The summed E-state index contributed by atoms with van der Waals surface area (Å²) in [5, 5.41) is 0. The molecule has 4 heteroatoms. The van der Waals surface area contributed by atoms with Crippen molar-refractivity contribution in [2.24, 2.45) is 0 Å². The summed E-state index contributed by atoms with van der Waals surface area (Å²) >= 11 is 0. The molecule has 0 aromatic heterocycles. The van der Waals surface area contributed by atoms with Crippen molar-refractivity contribution < 1.29 is 13.9 Å². The van der Waals surface area contributed by atoms with Crippen molar-refractivity contribution in [1.82, 2.24) is 0 Å². The van der Waals surface area contributed by atoms with Crippen LogP contribution in [0.4, 0.5) is 10.1 Å². The van der Waals surface area contributed by atoms with E-state index in [2.05, 4.69) is 0 Å². The van der Waals surface area contributed by atoms with Crippen LogP contribution in [0.2, 0.25) is 0 Å². The highest BCUT2D eigenvalue weighted by atomic mass is 19.1. The summed E-state index contributed by atoms with van der Waals surface area (Å²) < 4.78 is 18.6. The Hall–Kier alpha value is -2.36. The van der Waals surface area contributed by atoms with Gasteiger partial charge in [0.05, 0.1) is 19.2 Å². The van der Waals surface area contributed by atoms with Crippen LogP contribution in [0, 0.1) is 5.82 Å². The first kappa shape index (κ1) is 13.6. The average Bonchev–Trinajstić information content (AvgIpc) is 2.89. The fraction of sp³-hybridized carbons (Fsp3) is 0.235. The van der Waals surface area contributed by atoms with Gasteiger partial charge in [0.15, 0.2) is 5.78 Å². The van der Waals surface area contributed by atoms with Crippen LogP contribution < -0.4 is 9.64 Å². The van der Waals surface area contributed by atoms with Gasteiger partial charge in [-0.05, 0) is 36.2 Å². The molecule has 0 saturated carbocycles. The molecule has 0 amide bonds. The zero-order valence-corrected chi connectivity index (χ0v) is 11.8. The quantitative estimate of drug-likeness (QED) is 0.809. The number of hydrogen-bond acceptors (Lipinski definition) is 3. The number of benzene rings is 2. The lowest BCUT2D eigenvalue weighted by molar-refractivity contribution is 0.0996. The average molecular weight is 285 g/mol. The number of halogens is 1. The maximum absolute atomic E-state index is 13.4. The molecule has 0 saturated heterocycles. The van der Waals surface area contributed by atoms with E-state index in [1.807, 2.05) is 17.0 Å². The molecule has 0 bridgehead atoms. The summed E-state index contributed by atoms with van der Waals surface area (Å²) in [6.45, 7) is 0.969. The Morgan fingerprint density at radius 2 is 2.10 bits per heavy atom. The van der Waals surface area contributed by atoms with E-state index in [1.54, 1.807) is 25.3 Å². The molecule has 0 unspecified atom stereocenters. The SMILES string of the molecule is COc1ccccc1C(=O)CN1CCc2ccc(F)cc21. The molecule has 3 nitrogen and oxygen atoms in total. The van der Waals surface area contributed by atoms with Crippen LogP contribution in [0.3, 0.4) is 0 Å². The number of fused-ring (bicyclic) bond motifs is 1. The molecule has 0 aliphatic carbocycles. The summed E-state index contributed by atoms with van der Waals surface area (Å²) in [5.41, 5.74) is 2.47. The highest BCUT2D eigenvalue weighted by molar-refractivity contribution is 6.01. The van der Waals surface area contributed by atoms with Gasteiger partial charge in [0.1, 0.15) is 11.6 Å². The van der Waals surface area contributed by atoms with Gasteiger partial charge in [0, 0.05) is 12.2 Å². The van der Waals surface area contributed by atoms with Crippen LogP contribution in [-0.2, 0) is 6.42 Å². The van der Waals surface area contributed by atoms with E-state index in [9.17, 15) is 9.18 Å². The summed E-state index contributed by atoms with van der Waals surface area (Å²) in [4.78, 5) is 14.4. The number of Topliss-reactive ketones (excluding diaryl/α,β-unsaturated/α-hetero) is 1. The molecule has 0 spiro atoms. The molecule has 0 atom stereocenters. The van der Waals surface area contributed by atoms with Crippen molar-refractivity contribution in [3.05, 3.63) is 59.4 Å². The second-order valence-electron chi connectivity index (χ2n) is 5.07. The van der Waals surface area contributed by atoms with Gasteiger partial charge in [-0.2, -0.15) is 0 Å². The normalized spacial score (nSPS) is 13.1. The number of nitrogens with zero attached hydrogens (tertiary/aromatic N) is 1. The number of rotatable bonds is 4. The molecule has 1 heterocycles. The maximum Gasteiger partial charge on any atom is 0.185 e. The van der Waals surface area contributed by atoms with Crippen molar-refractivity contribution in [2.45, 2.75) is 6.42 Å². The third-order valence-corrected chi connectivity index (χ3v) is 3.78. The highest BCUT2D eigenvalue weighted by Crippen LogP contribution is 2.29. The molecule has 0 N–H and O–H groups in total. The van der Waals surface area contributed by atoms with Gasteiger partial charge in [-0.25, -0.2) is 4.39 Å². The number of carbonyl (C=O) groups excluding carboxylic acids is 1. The minimum Gasteiger partial charge on any atom is -0.496 e. The second-order valence-corrected chi connectivity index (χ2v) is 5.07. The van der Waals surface area contributed by atoms with Crippen molar-refractivity contribution in [1.29, 1.82) is 0 Å². The van der Waals surface area contributed by atoms with Crippen molar-refractivity contribution >= 4 is 11.5 Å². The number of hydrogen-bond donors (Lipinski definition) is 0. The molecular formula is C17H16FNO2. The number of ketones is 1. The number of anilines is 1. The third kappa shape index (κ3) is 2.61. The Morgan fingerprint density at radius 1 is 1.29 bits per heavy atom. The van der Waals surface area contributed by atoms with Gasteiger partial charge in [0.25, 0.3) is 0 Å². The van der Waals surface area contributed by atoms with Gasteiger partial charge in [-0.1, -0.05) is 18.2 Å². The number of carbonyl (C=O) groups is 1. The number of ether oxygens (including phenoxy) is 1. The maximum atomic E-state index is 13.4. The van der Waals surface area contributed by atoms with Crippen LogP contribution in [0.5, 0.6) is 5.75 Å². The van der Waals surface area contributed by atoms with Crippen LogP contribution in [0.15, 0.2) is 42.5 Å². The monoisotopic (exact) mass is 285 g/mol. The Labute approximate surface area is 123 Å². The predicted molar refractivity (Wildman–Crippen MR) is 79.6 cm³/mol. The molecule has 1 aliphatic rings. The Morgan fingerprint density at radius 3 is 2.90 bits per heavy atom. The first-order valence-electron chi connectivity index (χ1n) is 6.88. The van der Waals surface area contributed by atoms with Crippen molar-refractivity contribution in [2.75, 3.05) is 25.1 Å². The third-order valence-electron chi connectivity index (χ3n) is 3.78. The largest absolute Gasteiger partial charge is 0.496 e. The first-order valence-corrected chi connectivity index (χ1v) is 6.88. The summed E-state index contributed by atoms with van der Waals surface area (Å²) in [6, 6.07) is 11.9. The van der Waals surface area contributed by atoms with Gasteiger partial charge < -0.3 is 9.64 Å². The van der Waals surface area contributed by atoms with Gasteiger partial charge in [-0.3, -0.25) is 4.79 Å². The molecule has 21 heavy (non-hydrogen) atoms. The molecule has 2 aromatic rings. The predicted octanol–water partition coefficient (Wildman–Crippen LogP) is 3.08. The van der Waals surface area contributed by atoms with E-state index >= 15 is 0 Å². The number of methoxy groups -OCH3 is 1. The lowest BCUT2D eigenvalue weighted by atomic mass is 10.1. The first-order chi connectivity index (χ1) is 10.2. The summed E-state index contributed by atoms with van der Waals surface area (Å²) in [7, 11) is 1.55. The smallest absolute Gasteiger partial charge is 0.185 e. The molecule has 1 aliphatic heterocycles. The Kier molecular flexibility index (Phi) is 3.60. The van der Waals surface area contributed by atoms with E-state index < -0.39 is 0 Å². The van der Waals surface area contributed by atoms with Gasteiger partial charge in [0.2, 0.25) is 0 Å². The van der Waals surface area contributed by atoms with Crippen LogP contribution in [0.25, 0.3) is 0 Å². The standard InChI is InChI=1S/C17H16FNO2/c1-21-17-5-3-2-4-14(17)16(20)11-19-9-8-12-6-7-13(18)10-15(12)19/h2-7,10H,8-9,11H2,1H3. The minimum absolute atomic E-state index is 0.0236. The Balaban J connectivity index is 1.83. The topological polar surface area (TPSA) is 29.5 Å². The summed E-state index contributed by atoms with van der Waals surface area (Å²) in [5.74, 6) is 0.274. The van der Waals surface area contributed by atoms with Crippen molar-refractivity contribution in [3.63, 3.8) is 0 Å². The zero-order chi connectivity index (χ0) is 14.8. The van der Waals surface area contributed by atoms with E-state index in [1.165, 1.54) is 12.1 Å². The highest BCUT2D eigenvalue weighted by Gasteiger charge is 2.23. The lowest BCUT2D eigenvalue weighted by Crippen LogP contribution is -2.28. The molecular weight excluding hydrogens is 269 g/mol. The van der Waals surface area contributed by atoms with Gasteiger partial charge in [-0.15, -0.1) is 0 Å². The van der Waals surface area contributed by atoms with Gasteiger partial charge >= 0.3 is 0 Å². The zero-order valence-electron chi connectivity index (χ0n) is 11.8. The van der Waals surface area contributed by atoms with E-state index in [-0.39, 0.29) is 18.1 Å². The molecule has 0 radical (unpaired) electrons. The molecule has 2 aromatic carbocycles. The van der Waals surface area contributed by atoms with Crippen LogP contribution in [-0.4, -0.2) is 26.0 Å². The molecule has 0 fully saturated rings. The number of para-hydroxylation sites is 1. The fourth-order valence-electron chi connectivity index (χ4n) is 2.72. The minimum atomic E-state index is -0.273. The van der Waals surface area contributed by atoms with E-state index in [4.69, 9.17) is 4.74 Å². The van der Waals surface area contributed by atoms with Crippen LogP contribution >= 0.6 is 0 Å². The lowest BCUT2D eigenvalue weighted by Gasteiger charge is -2.19. The molecule has 3 rings (SSSR count). The fourth-order valence-corrected chi connectivity index (χ4v) is 2.72. The summed E-state index contributed by atoms with van der Waals surface area (Å²) in [6.07, 6.45) is 0.842. The molecule has 108 valence electrons. The van der Waals surface area contributed by atoms with E-state index in [0.29, 0.717) is 11.3 Å². The van der Waals surface area contributed by atoms with Crippen molar-refractivity contribution in [3.8, 4) is 5.75 Å². The van der Waals surface area contributed by atoms with Crippen LogP contribution in [0.1, 0.15) is 15.9 Å².